The normalized spacial score (nSPS) is 11.2. The molecule has 0 radical (unpaired) electrons. The molecule has 0 saturated heterocycles. The molecule has 0 aliphatic carbocycles. The van der Waals surface area contributed by atoms with Gasteiger partial charge in [-0.15, -0.1) is 11.3 Å². The van der Waals surface area contributed by atoms with Crippen molar-refractivity contribution >= 4 is 11.3 Å². The molecule has 1 aromatic heterocycles. The van der Waals surface area contributed by atoms with Gasteiger partial charge in [0.1, 0.15) is 5.01 Å². The lowest BCUT2D eigenvalue weighted by Crippen LogP contribution is -2.21. The van der Waals surface area contributed by atoms with E-state index in [2.05, 4.69) is 36.5 Å². The van der Waals surface area contributed by atoms with Crippen LogP contribution in [-0.4, -0.2) is 17.6 Å². The number of hydrogen-bond acceptors (Lipinski definition) is 4. The van der Waals surface area contributed by atoms with Crippen LogP contribution in [0.4, 0.5) is 0 Å². The molecule has 1 rings (SSSR count). The lowest BCUT2D eigenvalue weighted by atomic mass is 10.4. The second kappa shape index (κ2) is 6.93. The molecule has 0 aliphatic rings. The Morgan fingerprint density at radius 3 is 3.00 bits per heavy atom. The molecule has 0 atom stereocenters. The third-order valence-electron chi connectivity index (χ3n) is 1.86. The van der Waals surface area contributed by atoms with Crippen molar-refractivity contribution in [3.63, 3.8) is 0 Å². The molecule has 0 unspecified atom stereocenters. The molecule has 1 heterocycles. The first-order valence-corrected chi connectivity index (χ1v) is 6.34. The standard InChI is InChI=1S/C11H20N2OS/c1-4-5-14-7-11-13-10(8-15-11)6-12-9(2)3/h8-9,12H,4-7H2,1-3H3. The largest absolute Gasteiger partial charge is 0.374 e. The number of thiazole rings is 1. The molecule has 15 heavy (non-hydrogen) atoms. The van der Waals surface area contributed by atoms with Crippen LogP contribution < -0.4 is 5.32 Å². The molecule has 0 aromatic carbocycles. The number of nitrogens with zero attached hydrogens (tertiary/aromatic N) is 1. The summed E-state index contributed by atoms with van der Waals surface area (Å²) in [6.07, 6.45) is 1.06. The van der Waals surface area contributed by atoms with Crippen molar-refractivity contribution in [2.75, 3.05) is 6.61 Å². The van der Waals surface area contributed by atoms with Gasteiger partial charge in [-0.3, -0.25) is 0 Å². The summed E-state index contributed by atoms with van der Waals surface area (Å²) in [6, 6.07) is 0.506. The quantitative estimate of drug-likeness (QED) is 0.728. The van der Waals surface area contributed by atoms with Crippen molar-refractivity contribution in [1.82, 2.24) is 10.3 Å². The summed E-state index contributed by atoms with van der Waals surface area (Å²) >= 11 is 1.68. The number of aromatic nitrogens is 1. The van der Waals surface area contributed by atoms with Crippen molar-refractivity contribution in [2.24, 2.45) is 0 Å². The molecule has 86 valence electrons. The number of rotatable bonds is 7. The van der Waals surface area contributed by atoms with Crippen molar-refractivity contribution in [2.45, 2.75) is 46.4 Å². The van der Waals surface area contributed by atoms with Crippen LogP contribution >= 0.6 is 11.3 Å². The predicted molar refractivity (Wildman–Crippen MR) is 64.0 cm³/mol. The van der Waals surface area contributed by atoms with Gasteiger partial charge in [0, 0.05) is 24.6 Å². The van der Waals surface area contributed by atoms with Crippen LogP contribution in [0, 0.1) is 0 Å². The number of nitrogens with one attached hydrogen (secondary N) is 1. The summed E-state index contributed by atoms with van der Waals surface area (Å²) in [5.41, 5.74) is 1.11. The summed E-state index contributed by atoms with van der Waals surface area (Å²) in [6.45, 7) is 8.70. The maximum absolute atomic E-state index is 5.44. The molecule has 0 saturated carbocycles. The molecule has 0 bridgehead atoms. The summed E-state index contributed by atoms with van der Waals surface area (Å²) in [7, 11) is 0. The van der Waals surface area contributed by atoms with Gasteiger partial charge < -0.3 is 10.1 Å². The topological polar surface area (TPSA) is 34.1 Å². The fraction of sp³-hybridized carbons (Fsp3) is 0.727. The summed E-state index contributed by atoms with van der Waals surface area (Å²) < 4.78 is 5.44. The van der Waals surface area contributed by atoms with E-state index in [0.29, 0.717) is 12.6 Å². The summed E-state index contributed by atoms with van der Waals surface area (Å²) in [5, 5.41) is 6.52. The van der Waals surface area contributed by atoms with Gasteiger partial charge in [-0.2, -0.15) is 0 Å². The van der Waals surface area contributed by atoms with Crippen molar-refractivity contribution < 1.29 is 4.74 Å². The Hall–Kier alpha value is -0.450. The molecular formula is C11H20N2OS. The second-order valence-electron chi connectivity index (χ2n) is 3.82. The van der Waals surface area contributed by atoms with Gasteiger partial charge in [-0.1, -0.05) is 20.8 Å². The van der Waals surface area contributed by atoms with Crippen molar-refractivity contribution in [1.29, 1.82) is 0 Å². The van der Waals surface area contributed by atoms with E-state index in [0.717, 1.165) is 30.3 Å². The minimum Gasteiger partial charge on any atom is -0.374 e. The van der Waals surface area contributed by atoms with Gasteiger partial charge >= 0.3 is 0 Å². The van der Waals surface area contributed by atoms with E-state index < -0.39 is 0 Å². The van der Waals surface area contributed by atoms with Gasteiger partial charge in [0.2, 0.25) is 0 Å². The molecule has 3 nitrogen and oxygen atoms in total. The third-order valence-corrected chi connectivity index (χ3v) is 2.74. The highest BCUT2D eigenvalue weighted by Gasteiger charge is 2.02. The maximum atomic E-state index is 5.44. The van der Waals surface area contributed by atoms with Crippen molar-refractivity contribution in [3.05, 3.63) is 16.1 Å². The van der Waals surface area contributed by atoms with Gasteiger partial charge in [-0.05, 0) is 6.42 Å². The Kier molecular flexibility index (Phi) is 5.83. The van der Waals surface area contributed by atoms with Crippen LogP contribution in [0.15, 0.2) is 5.38 Å². The molecule has 0 spiro atoms. The zero-order valence-corrected chi connectivity index (χ0v) is 10.6. The zero-order chi connectivity index (χ0) is 11.1. The van der Waals surface area contributed by atoms with Crippen LogP contribution in [0.1, 0.15) is 37.9 Å². The first-order valence-electron chi connectivity index (χ1n) is 5.46. The molecule has 1 N–H and O–H groups in total. The van der Waals surface area contributed by atoms with E-state index >= 15 is 0 Å². The van der Waals surface area contributed by atoms with Crippen LogP contribution in [0.2, 0.25) is 0 Å². The molecule has 0 aliphatic heterocycles. The second-order valence-corrected chi connectivity index (χ2v) is 4.76. The predicted octanol–water partition coefficient (Wildman–Crippen LogP) is 2.57. The fourth-order valence-corrected chi connectivity index (χ4v) is 1.84. The molecule has 0 amide bonds. The first-order chi connectivity index (χ1) is 7.22. The van der Waals surface area contributed by atoms with Crippen LogP contribution in [0.3, 0.4) is 0 Å². The smallest absolute Gasteiger partial charge is 0.119 e. The van der Waals surface area contributed by atoms with E-state index in [1.165, 1.54) is 0 Å². The highest BCUT2D eigenvalue weighted by atomic mass is 32.1. The Bertz CT molecular complexity index is 273. The minimum atomic E-state index is 0.506. The van der Waals surface area contributed by atoms with E-state index in [1.807, 2.05) is 0 Å². The molecule has 4 heteroatoms. The first kappa shape index (κ1) is 12.6. The number of hydrogen-bond donors (Lipinski definition) is 1. The molecular weight excluding hydrogens is 208 g/mol. The maximum Gasteiger partial charge on any atom is 0.119 e. The SMILES string of the molecule is CCCOCc1nc(CNC(C)C)cs1. The van der Waals surface area contributed by atoms with Crippen LogP contribution in [0.25, 0.3) is 0 Å². The third kappa shape index (κ3) is 5.25. The summed E-state index contributed by atoms with van der Waals surface area (Å²) in [5.74, 6) is 0. The van der Waals surface area contributed by atoms with Crippen LogP contribution in [0.5, 0.6) is 0 Å². The number of ether oxygens (including phenoxy) is 1. The minimum absolute atomic E-state index is 0.506. The van der Waals surface area contributed by atoms with Gasteiger partial charge in [0.05, 0.1) is 12.3 Å². The lowest BCUT2D eigenvalue weighted by molar-refractivity contribution is 0.121. The fourth-order valence-electron chi connectivity index (χ4n) is 1.11. The van der Waals surface area contributed by atoms with E-state index in [9.17, 15) is 0 Å². The van der Waals surface area contributed by atoms with E-state index in [1.54, 1.807) is 11.3 Å². The molecule has 1 aromatic rings. The summed E-state index contributed by atoms with van der Waals surface area (Å²) in [4.78, 5) is 4.49. The van der Waals surface area contributed by atoms with Gasteiger partial charge in [0.15, 0.2) is 0 Å². The highest BCUT2D eigenvalue weighted by molar-refractivity contribution is 7.09. The molecule has 0 fully saturated rings. The van der Waals surface area contributed by atoms with E-state index in [-0.39, 0.29) is 0 Å². The van der Waals surface area contributed by atoms with Gasteiger partial charge in [-0.25, -0.2) is 4.98 Å². The Morgan fingerprint density at radius 1 is 1.53 bits per heavy atom. The van der Waals surface area contributed by atoms with Crippen LogP contribution in [-0.2, 0) is 17.9 Å². The average molecular weight is 228 g/mol. The Morgan fingerprint density at radius 2 is 2.33 bits per heavy atom. The van der Waals surface area contributed by atoms with Crippen molar-refractivity contribution in [3.8, 4) is 0 Å². The zero-order valence-electron chi connectivity index (χ0n) is 9.75. The Balaban J connectivity index is 2.29. The average Bonchev–Trinajstić information content (AvgIpc) is 2.63. The highest BCUT2D eigenvalue weighted by Crippen LogP contribution is 2.11. The lowest BCUT2D eigenvalue weighted by Gasteiger charge is -2.04. The van der Waals surface area contributed by atoms with Gasteiger partial charge in [0.25, 0.3) is 0 Å². The van der Waals surface area contributed by atoms with E-state index in [4.69, 9.17) is 4.74 Å². The Labute approximate surface area is 95.9 Å². The monoisotopic (exact) mass is 228 g/mol.